The summed E-state index contributed by atoms with van der Waals surface area (Å²) in [6.07, 6.45) is 3.05. The Hall–Kier alpha value is -0.770. The largest absolute Gasteiger partial charge is 0.466 e. The number of esters is 1. The van der Waals surface area contributed by atoms with Gasteiger partial charge in [0.15, 0.2) is 0 Å². The van der Waals surface area contributed by atoms with Crippen LogP contribution < -0.4 is 0 Å². The van der Waals surface area contributed by atoms with Crippen molar-refractivity contribution in [2.75, 3.05) is 6.61 Å². The van der Waals surface area contributed by atoms with Crippen molar-refractivity contribution in [3.05, 3.63) is 33.8 Å². The number of carbonyl (C=O) groups is 1. The Balaban J connectivity index is 2.04. The summed E-state index contributed by atoms with van der Waals surface area (Å²) >= 11 is 12.4. The summed E-state index contributed by atoms with van der Waals surface area (Å²) in [6, 6.07) is 5.25. The lowest BCUT2D eigenvalue weighted by atomic mass is 9.74. The second-order valence-corrected chi connectivity index (χ2v) is 6.40. The number of benzene rings is 1. The average Bonchev–Trinajstić information content (AvgIpc) is 2.42. The van der Waals surface area contributed by atoms with Crippen LogP contribution in [-0.2, 0) is 15.1 Å². The van der Waals surface area contributed by atoms with E-state index in [-0.39, 0.29) is 11.9 Å². The molecule has 0 unspecified atom stereocenters. The minimum Gasteiger partial charge on any atom is -0.466 e. The highest BCUT2D eigenvalue weighted by Gasteiger charge is 2.38. The van der Waals surface area contributed by atoms with Crippen LogP contribution in [0.3, 0.4) is 0 Å². The zero-order valence-electron chi connectivity index (χ0n) is 12.1. The molecular formula is C16H20Cl2O3. The summed E-state index contributed by atoms with van der Waals surface area (Å²) in [6.45, 7) is 2.21. The summed E-state index contributed by atoms with van der Waals surface area (Å²) in [5, 5.41) is 11.9. The number of aliphatic hydroxyl groups is 1. The standard InChI is InChI=1S/C16H20Cl2O3/c1-2-21-14(19)10-11-6-8-16(20,9-7-11)15-12(17)4-3-5-13(15)18/h3-5,11,20H,2,6-10H2,1H3. The molecule has 0 bridgehead atoms. The van der Waals surface area contributed by atoms with E-state index in [1.165, 1.54) is 0 Å². The number of carbonyl (C=O) groups excluding carboxylic acids is 1. The molecule has 1 aromatic rings. The number of rotatable bonds is 4. The van der Waals surface area contributed by atoms with E-state index in [0.717, 1.165) is 12.8 Å². The van der Waals surface area contributed by atoms with Gasteiger partial charge in [-0.3, -0.25) is 4.79 Å². The third kappa shape index (κ3) is 3.91. The Bertz CT molecular complexity index is 488. The van der Waals surface area contributed by atoms with E-state index in [1.807, 2.05) is 0 Å². The van der Waals surface area contributed by atoms with Crippen molar-refractivity contribution in [2.45, 2.75) is 44.6 Å². The van der Waals surface area contributed by atoms with Gasteiger partial charge in [-0.15, -0.1) is 0 Å². The Kier molecular flexibility index (Phi) is 5.53. The number of hydrogen-bond acceptors (Lipinski definition) is 3. The topological polar surface area (TPSA) is 46.5 Å². The van der Waals surface area contributed by atoms with Crippen LogP contribution in [0, 0.1) is 5.92 Å². The van der Waals surface area contributed by atoms with Gasteiger partial charge in [-0.2, -0.15) is 0 Å². The third-order valence-corrected chi connectivity index (χ3v) is 4.75. The highest BCUT2D eigenvalue weighted by Crippen LogP contribution is 2.45. The van der Waals surface area contributed by atoms with Crippen molar-refractivity contribution in [1.29, 1.82) is 0 Å². The van der Waals surface area contributed by atoms with Gasteiger partial charge in [0.25, 0.3) is 0 Å². The van der Waals surface area contributed by atoms with E-state index in [4.69, 9.17) is 27.9 Å². The second-order valence-electron chi connectivity index (χ2n) is 5.58. The van der Waals surface area contributed by atoms with Crippen molar-refractivity contribution >= 4 is 29.2 Å². The van der Waals surface area contributed by atoms with E-state index < -0.39 is 5.60 Å². The zero-order chi connectivity index (χ0) is 15.5. The first kappa shape index (κ1) is 16.6. The lowest BCUT2D eigenvalue weighted by molar-refractivity contribution is -0.145. The minimum absolute atomic E-state index is 0.163. The zero-order valence-corrected chi connectivity index (χ0v) is 13.6. The molecule has 0 spiro atoms. The van der Waals surface area contributed by atoms with Gasteiger partial charge in [-0.1, -0.05) is 29.3 Å². The van der Waals surface area contributed by atoms with Crippen LogP contribution in [-0.4, -0.2) is 17.7 Å². The fourth-order valence-corrected chi connectivity index (χ4v) is 3.76. The lowest BCUT2D eigenvalue weighted by Gasteiger charge is -2.37. The summed E-state index contributed by atoms with van der Waals surface area (Å²) < 4.78 is 4.98. The number of hydrogen-bond donors (Lipinski definition) is 1. The number of ether oxygens (including phenoxy) is 1. The molecule has 0 atom stereocenters. The van der Waals surface area contributed by atoms with Crippen LogP contribution >= 0.6 is 23.2 Å². The number of halogens is 2. The predicted molar refractivity (Wildman–Crippen MR) is 83.6 cm³/mol. The highest BCUT2D eigenvalue weighted by atomic mass is 35.5. The quantitative estimate of drug-likeness (QED) is 0.836. The van der Waals surface area contributed by atoms with E-state index in [1.54, 1.807) is 25.1 Å². The van der Waals surface area contributed by atoms with Gasteiger partial charge in [-0.05, 0) is 50.7 Å². The van der Waals surface area contributed by atoms with Gasteiger partial charge in [0, 0.05) is 22.0 Å². The van der Waals surface area contributed by atoms with E-state index in [0.29, 0.717) is 41.5 Å². The van der Waals surface area contributed by atoms with Crippen LogP contribution in [0.5, 0.6) is 0 Å². The normalized spacial score (nSPS) is 25.6. The maximum absolute atomic E-state index is 11.5. The highest BCUT2D eigenvalue weighted by molar-refractivity contribution is 6.36. The molecule has 21 heavy (non-hydrogen) atoms. The van der Waals surface area contributed by atoms with Crippen LogP contribution in [0.4, 0.5) is 0 Å². The second kappa shape index (κ2) is 6.99. The maximum Gasteiger partial charge on any atom is 0.306 e. The van der Waals surface area contributed by atoms with Gasteiger partial charge < -0.3 is 9.84 Å². The van der Waals surface area contributed by atoms with Crippen molar-refractivity contribution in [2.24, 2.45) is 5.92 Å². The molecule has 1 fully saturated rings. The van der Waals surface area contributed by atoms with Gasteiger partial charge in [0.05, 0.1) is 12.2 Å². The minimum atomic E-state index is -0.999. The lowest BCUT2D eigenvalue weighted by Crippen LogP contribution is -2.33. The molecule has 0 aromatic heterocycles. The first-order valence-corrected chi connectivity index (χ1v) is 8.04. The van der Waals surface area contributed by atoms with E-state index in [2.05, 4.69) is 0 Å². The van der Waals surface area contributed by atoms with Gasteiger partial charge in [0.2, 0.25) is 0 Å². The molecular weight excluding hydrogens is 311 g/mol. The fourth-order valence-electron chi connectivity index (χ4n) is 3.01. The molecule has 0 heterocycles. The van der Waals surface area contributed by atoms with Crippen LogP contribution in [0.15, 0.2) is 18.2 Å². The Morgan fingerprint density at radius 3 is 2.43 bits per heavy atom. The first-order valence-electron chi connectivity index (χ1n) is 7.29. The van der Waals surface area contributed by atoms with E-state index >= 15 is 0 Å². The van der Waals surface area contributed by atoms with E-state index in [9.17, 15) is 9.90 Å². The Morgan fingerprint density at radius 2 is 1.90 bits per heavy atom. The molecule has 0 saturated heterocycles. The summed E-state index contributed by atoms with van der Waals surface area (Å²) in [7, 11) is 0. The smallest absolute Gasteiger partial charge is 0.306 e. The van der Waals surface area contributed by atoms with Crippen LogP contribution in [0.1, 0.15) is 44.6 Å². The molecule has 2 rings (SSSR count). The first-order chi connectivity index (χ1) is 9.96. The summed E-state index contributed by atoms with van der Waals surface area (Å²) in [5.74, 6) is 0.0919. The van der Waals surface area contributed by atoms with Crippen molar-refractivity contribution in [3.63, 3.8) is 0 Å². The molecule has 116 valence electrons. The molecule has 0 aliphatic heterocycles. The van der Waals surface area contributed by atoms with Crippen molar-refractivity contribution in [3.8, 4) is 0 Å². The van der Waals surface area contributed by atoms with Gasteiger partial charge in [0.1, 0.15) is 0 Å². The predicted octanol–water partition coefficient (Wildman–Crippen LogP) is 4.32. The van der Waals surface area contributed by atoms with Crippen molar-refractivity contribution in [1.82, 2.24) is 0 Å². The molecule has 5 heteroatoms. The fraction of sp³-hybridized carbons (Fsp3) is 0.562. The molecule has 3 nitrogen and oxygen atoms in total. The molecule has 0 radical (unpaired) electrons. The molecule has 1 saturated carbocycles. The van der Waals surface area contributed by atoms with Gasteiger partial charge >= 0.3 is 5.97 Å². The third-order valence-electron chi connectivity index (χ3n) is 4.12. The molecule has 0 amide bonds. The monoisotopic (exact) mass is 330 g/mol. The van der Waals surface area contributed by atoms with Crippen LogP contribution in [0.2, 0.25) is 10.0 Å². The maximum atomic E-state index is 11.5. The molecule has 1 aliphatic carbocycles. The van der Waals surface area contributed by atoms with Crippen LogP contribution in [0.25, 0.3) is 0 Å². The molecule has 1 aromatic carbocycles. The average molecular weight is 331 g/mol. The Morgan fingerprint density at radius 1 is 1.33 bits per heavy atom. The molecule has 1 N–H and O–H groups in total. The SMILES string of the molecule is CCOC(=O)CC1CCC(O)(c2c(Cl)cccc2Cl)CC1. The Labute approximate surface area is 135 Å². The summed E-state index contributed by atoms with van der Waals surface area (Å²) in [5.41, 5.74) is -0.386. The van der Waals surface area contributed by atoms with Crippen molar-refractivity contribution < 1.29 is 14.6 Å². The van der Waals surface area contributed by atoms with Gasteiger partial charge in [-0.25, -0.2) is 0 Å². The summed E-state index contributed by atoms with van der Waals surface area (Å²) in [4.78, 5) is 11.5. The molecule has 1 aliphatic rings.